The molecule has 14 atom stereocenters. The van der Waals surface area contributed by atoms with Gasteiger partial charge in [0.25, 0.3) is 0 Å². The molecule has 3 aliphatic heterocycles. The predicted molar refractivity (Wildman–Crippen MR) is 179 cm³/mol. The van der Waals surface area contributed by atoms with Gasteiger partial charge in [0.05, 0.1) is 41.9 Å². The zero-order valence-electron chi connectivity index (χ0n) is 31.0. The van der Waals surface area contributed by atoms with E-state index in [4.69, 9.17) is 34.8 Å². The number of hydrogen-bond acceptors (Lipinski definition) is 12. The normalized spacial score (nSPS) is 42.2. The Kier molecular flexibility index (Phi) is 13.7. The Morgan fingerprint density at radius 2 is 1.80 bits per heavy atom. The highest BCUT2D eigenvalue weighted by atomic mass is 16.7. The second-order valence-corrected chi connectivity index (χ2v) is 14.7. The van der Waals surface area contributed by atoms with E-state index in [9.17, 15) is 24.3 Å². The number of nitrogens with one attached hydrogen (secondary N) is 1. The summed E-state index contributed by atoms with van der Waals surface area (Å²) in [4.78, 5) is 54.8. The van der Waals surface area contributed by atoms with Gasteiger partial charge in [0.1, 0.15) is 11.9 Å². The summed E-state index contributed by atoms with van der Waals surface area (Å²) in [5.74, 6) is -1.92. The number of nitrogens with zero attached hydrogens (tertiary/aromatic N) is 1. The third-order valence-electron chi connectivity index (χ3n) is 10.9. The lowest BCUT2D eigenvalue weighted by atomic mass is 9.73. The fraction of sp³-hybridized carbons (Fsp3) is 0.833. The standard InChI is InChI=1S/C36H58N2O11/c1-13-15-16-38(11)25-17-20(4)45-33(29(25)46-24(8)39)48-31-22(6)28(41)23(7)32(42)47-26(14-2)36(10)30(37-34(43)49-36)21(5)27(40)19(3)18-35(31,9)44-12/h1,19-23,25-26,28-31,33,41H,14-18H2,2-12H3,(H,37,43)/t19-,20-,21+,22+,23-,25+,26-,28+,29-,30-,31-,33+,35-,36-/m1/s1. The largest absolute Gasteiger partial charge is 0.458 e. The molecule has 0 aliphatic carbocycles. The van der Waals surface area contributed by atoms with E-state index in [0.717, 1.165) is 0 Å². The van der Waals surface area contributed by atoms with Crippen LogP contribution in [0, 0.1) is 36.0 Å². The summed E-state index contributed by atoms with van der Waals surface area (Å²) < 4.78 is 36.8. The molecular weight excluding hydrogens is 636 g/mol. The van der Waals surface area contributed by atoms with Crippen molar-refractivity contribution in [3.63, 3.8) is 0 Å². The predicted octanol–water partition coefficient (Wildman–Crippen LogP) is 3.23. The molecule has 0 saturated carbocycles. The maximum Gasteiger partial charge on any atom is 0.408 e. The molecule has 278 valence electrons. The Bertz CT molecular complexity index is 1240. The van der Waals surface area contributed by atoms with Crippen LogP contribution in [-0.2, 0) is 42.8 Å². The van der Waals surface area contributed by atoms with Crippen molar-refractivity contribution in [3.8, 4) is 12.3 Å². The van der Waals surface area contributed by atoms with Crippen molar-refractivity contribution in [2.24, 2.45) is 23.7 Å². The van der Waals surface area contributed by atoms with Crippen LogP contribution in [0.1, 0.15) is 88.0 Å². The minimum absolute atomic E-state index is 0.147. The zero-order chi connectivity index (χ0) is 37.0. The molecule has 0 aromatic heterocycles. The smallest absolute Gasteiger partial charge is 0.408 e. The van der Waals surface area contributed by atoms with Crippen molar-refractivity contribution in [2.75, 3.05) is 20.7 Å². The number of methoxy groups -OCH3 is 1. The summed E-state index contributed by atoms with van der Waals surface area (Å²) in [6.07, 6.45) is 0.832. The number of alkyl carbamates (subject to hydrolysis) is 1. The van der Waals surface area contributed by atoms with E-state index in [-0.39, 0.29) is 24.3 Å². The molecule has 1 amide bonds. The van der Waals surface area contributed by atoms with Crippen LogP contribution >= 0.6 is 0 Å². The number of hydrogen-bond donors (Lipinski definition) is 2. The van der Waals surface area contributed by atoms with Gasteiger partial charge in [0, 0.05) is 44.8 Å². The van der Waals surface area contributed by atoms with Gasteiger partial charge in [-0.2, -0.15) is 0 Å². The highest BCUT2D eigenvalue weighted by Crippen LogP contribution is 2.41. The molecule has 0 bridgehead atoms. The Balaban J connectivity index is 2.12. The van der Waals surface area contributed by atoms with Gasteiger partial charge >= 0.3 is 18.0 Å². The molecule has 0 aromatic rings. The van der Waals surface area contributed by atoms with Crippen LogP contribution in [0.2, 0.25) is 0 Å². The number of aliphatic hydroxyl groups is 1. The van der Waals surface area contributed by atoms with Gasteiger partial charge in [-0.15, -0.1) is 12.3 Å². The van der Waals surface area contributed by atoms with Crippen LogP contribution in [0.15, 0.2) is 0 Å². The third-order valence-corrected chi connectivity index (χ3v) is 10.9. The second kappa shape index (κ2) is 16.5. The minimum atomic E-state index is -1.34. The van der Waals surface area contributed by atoms with E-state index in [2.05, 4.69) is 11.2 Å². The lowest BCUT2D eigenvalue weighted by Crippen LogP contribution is -2.61. The van der Waals surface area contributed by atoms with Crippen LogP contribution in [0.4, 0.5) is 4.79 Å². The first-order valence-corrected chi connectivity index (χ1v) is 17.4. The Morgan fingerprint density at radius 3 is 2.37 bits per heavy atom. The molecule has 13 heteroatoms. The quantitative estimate of drug-likeness (QED) is 0.217. The summed E-state index contributed by atoms with van der Waals surface area (Å²) in [6, 6.07) is -1.10. The summed E-state index contributed by atoms with van der Waals surface area (Å²) in [7, 11) is 3.39. The summed E-state index contributed by atoms with van der Waals surface area (Å²) in [6.45, 7) is 15.8. The first kappa shape index (κ1) is 40.7. The van der Waals surface area contributed by atoms with E-state index >= 15 is 0 Å². The van der Waals surface area contributed by atoms with Gasteiger partial charge < -0.3 is 38.8 Å². The molecular formula is C36H58N2O11. The number of likely N-dealkylation sites (N-methyl/N-ethyl adjacent to an activating group) is 1. The first-order chi connectivity index (χ1) is 22.8. The highest BCUT2D eigenvalue weighted by molar-refractivity contribution is 5.85. The topological polar surface area (TPSA) is 159 Å². The molecule has 49 heavy (non-hydrogen) atoms. The van der Waals surface area contributed by atoms with E-state index in [1.54, 1.807) is 48.5 Å². The summed E-state index contributed by atoms with van der Waals surface area (Å²) in [5, 5.41) is 14.6. The SMILES string of the molecule is C#CCCN(C)[C@H]1C[C@@H](C)O[C@@H](O[C@@H]2[C@@H](C)[C@H](O)[C@@H](C)C(=O)O[C@H](CC)[C@@]3(C)OC(=O)N[C@@H]3[C@@H](C)C(=O)[C@H](C)C[C@@]2(C)OC)[C@@H]1OC(C)=O. The lowest BCUT2D eigenvalue weighted by molar-refractivity contribution is -0.304. The molecule has 3 fully saturated rings. The Labute approximate surface area is 291 Å². The number of carbonyl (C=O) groups is 4. The number of rotatable bonds is 8. The molecule has 3 saturated heterocycles. The fourth-order valence-corrected chi connectivity index (χ4v) is 7.97. The number of ether oxygens (including phenoxy) is 6. The van der Waals surface area contributed by atoms with Gasteiger partial charge in [0.15, 0.2) is 18.0 Å². The number of terminal acetylenes is 1. The van der Waals surface area contributed by atoms with E-state index in [1.807, 2.05) is 18.9 Å². The van der Waals surface area contributed by atoms with Crippen molar-refractivity contribution in [3.05, 3.63) is 0 Å². The van der Waals surface area contributed by atoms with Gasteiger partial charge in [-0.3, -0.25) is 19.3 Å². The number of esters is 2. The molecule has 0 aromatic carbocycles. The Hall–Kier alpha value is -2.76. The summed E-state index contributed by atoms with van der Waals surface area (Å²) in [5.41, 5.74) is -2.57. The molecule has 3 heterocycles. The van der Waals surface area contributed by atoms with Crippen molar-refractivity contribution in [1.29, 1.82) is 0 Å². The van der Waals surface area contributed by atoms with Crippen LogP contribution in [0.5, 0.6) is 0 Å². The summed E-state index contributed by atoms with van der Waals surface area (Å²) >= 11 is 0. The fourth-order valence-electron chi connectivity index (χ4n) is 7.97. The van der Waals surface area contributed by atoms with Crippen LogP contribution < -0.4 is 5.32 Å². The molecule has 13 nitrogen and oxygen atoms in total. The van der Waals surface area contributed by atoms with Crippen LogP contribution in [0.25, 0.3) is 0 Å². The second-order valence-electron chi connectivity index (χ2n) is 14.7. The van der Waals surface area contributed by atoms with Crippen molar-refractivity contribution >= 4 is 23.8 Å². The lowest BCUT2D eigenvalue weighted by Gasteiger charge is -2.49. The van der Waals surface area contributed by atoms with Crippen molar-refractivity contribution in [2.45, 2.75) is 148 Å². The molecule has 3 rings (SSSR count). The number of ketones is 1. The van der Waals surface area contributed by atoms with Gasteiger partial charge in [-0.25, -0.2) is 4.79 Å². The van der Waals surface area contributed by atoms with E-state index in [1.165, 1.54) is 14.0 Å². The van der Waals surface area contributed by atoms with Crippen molar-refractivity contribution < 1.29 is 52.7 Å². The molecule has 3 aliphatic rings. The number of fused-ring (bicyclic) bond motifs is 1. The number of carbonyl (C=O) groups excluding carboxylic acids is 4. The van der Waals surface area contributed by atoms with Gasteiger partial charge in [-0.1, -0.05) is 27.7 Å². The molecule has 2 N–H and O–H groups in total. The monoisotopic (exact) mass is 694 g/mol. The zero-order valence-corrected chi connectivity index (χ0v) is 31.0. The van der Waals surface area contributed by atoms with Crippen molar-refractivity contribution in [1.82, 2.24) is 10.2 Å². The maximum absolute atomic E-state index is 14.1. The number of amides is 1. The van der Waals surface area contributed by atoms with Crippen LogP contribution in [-0.4, -0.2) is 115 Å². The third kappa shape index (κ3) is 8.76. The molecule has 0 radical (unpaired) electrons. The number of aliphatic hydroxyl groups excluding tert-OH is 1. The van der Waals surface area contributed by atoms with Gasteiger partial charge in [-0.05, 0) is 54.0 Å². The average molecular weight is 695 g/mol. The first-order valence-electron chi connectivity index (χ1n) is 17.4. The van der Waals surface area contributed by atoms with Crippen LogP contribution in [0.3, 0.4) is 0 Å². The van der Waals surface area contributed by atoms with E-state index in [0.29, 0.717) is 25.8 Å². The number of Topliss-reactive ketones (excluding diaryl/α,β-unsaturated/α-hetero) is 1. The Morgan fingerprint density at radius 1 is 1.14 bits per heavy atom. The molecule has 0 spiro atoms. The number of cyclic esters (lactones) is 1. The average Bonchev–Trinajstić information content (AvgIpc) is 3.37. The van der Waals surface area contributed by atoms with E-state index < -0.39 is 89.7 Å². The highest BCUT2D eigenvalue weighted by Gasteiger charge is 2.57. The molecule has 0 unspecified atom stereocenters. The van der Waals surface area contributed by atoms with Gasteiger partial charge in [0.2, 0.25) is 0 Å². The maximum atomic E-state index is 14.1. The minimum Gasteiger partial charge on any atom is -0.458 e.